The molecule has 0 aromatic heterocycles. The SMILES string of the molecule is CC(N)C(=O)NC(Cc1ccccc1)C(=O)NC(Cc1ccccc1)C(=O)NC(CCC(=O)O)C(=O)O. The Kier molecular flexibility index (Phi) is 11.2. The monoisotopic (exact) mass is 512 g/mol. The zero-order valence-corrected chi connectivity index (χ0v) is 20.4. The number of aliphatic carboxylic acids is 2. The molecule has 0 radical (unpaired) electrons. The number of amides is 3. The van der Waals surface area contributed by atoms with Gasteiger partial charge in [-0.1, -0.05) is 60.7 Å². The molecule has 0 aliphatic rings. The highest BCUT2D eigenvalue weighted by atomic mass is 16.4. The standard InChI is InChI=1S/C26H32N4O7/c1-16(27)23(33)29-20(14-17-8-4-2-5-9-17)25(35)30-21(15-18-10-6-3-7-11-18)24(34)28-19(26(36)37)12-13-22(31)32/h2-11,16,19-21H,12-15,27H2,1H3,(H,28,34)(H,29,33)(H,30,35)(H,31,32)(H,36,37). The number of hydrogen-bond acceptors (Lipinski definition) is 6. The third-order valence-electron chi connectivity index (χ3n) is 5.51. The minimum absolute atomic E-state index is 0.0307. The molecule has 2 rings (SSSR count). The summed E-state index contributed by atoms with van der Waals surface area (Å²) in [6.07, 6.45) is -0.636. The number of rotatable bonds is 14. The molecule has 11 heteroatoms. The van der Waals surface area contributed by atoms with E-state index in [9.17, 15) is 29.1 Å². The van der Waals surface area contributed by atoms with Crippen LogP contribution in [0.25, 0.3) is 0 Å². The van der Waals surface area contributed by atoms with Gasteiger partial charge in [0.1, 0.15) is 18.1 Å². The lowest BCUT2D eigenvalue weighted by molar-refractivity contribution is -0.143. The highest BCUT2D eigenvalue weighted by Crippen LogP contribution is 2.08. The summed E-state index contributed by atoms with van der Waals surface area (Å²) in [6.45, 7) is 1.47. The van der Waals surface area contributed by atoms with Crippen LogP contribution in [0, 0.1) is 0 Å². The Morgan fingerprint density at radius 2 is 1.11 bits per heavy atom. The van der Waals surface area contributed by atoms with Crippen LogP contribution in [0.5, 0.6) is 0 Å². The third-order valence-corrected chi connectivity index (χ3v) is 5.51. The average Bonchev–Trinajstić information content (AvgIpc) is 2.86. The Morgan fingerprint density at radius 3 is 1.49 bits per heavy atom. The van der Waals surface area contributed by atoms with Crippen molar-refractivity contribution in [2.24, 2.45) is 5.73 Å². The van der Waals surface area contributed by atoms with Crippen LogP contribution in [-0.4, -0.2) is 64.0 Å². The summed E-state index contributed by atoms with van der Waals surface area (Å²) in [5.74, 6) is -4.62. The van der Waals surface area contributed by atoms with Gasteiger partial charge in [0.15, 0.2) is 0 Å². The third kappa shape index (κ3) is 10.1. The van der Waals surface area contributed by atoms with E-state index in [1.54, 1.807) is 54.6 Å². The number of carboxylic acid groups (broad SMARTS) is 2. The van der Waals surface area contributed by atoms with Crippen LogP contribution in [0.1, 0.15) is 30.9 Å². The maximum absolute atomic E-state index is 13.3. The van der Waals surface area contributed by atoms with Crippen LogP contribution in [0.15, 0.2) is 60.7 Å². The first-order chi connectivity index (χ1) is 17.6. The Hall–Kier alpha value is -4.25. The number of carbonyl (C=O) groups is 5. The fourth-order valence-corrected chi connectivity index (χ4v) is 3.49. The predicted octanol–water partition coefficient (Wildman–Crippen LogP) is 0.223. The first kappa shape index (κ1) is 29.0. The van der Waals surface area contributed by atoms with Crippen molar-refractivity contribution < 1.29 is 34.2 Å². The van der Waals surface area contributed by atoms with Gasteiger partial charge in [-0.3, -0.25) is 19.2 Å². The Balaban J connectivity index is 2.27. The van der Waals surface area contributed by atoms with Crippen molar-refractivity contribution in [1.29, 1.82) is 0 Å². The van der Waals surface area contributed by atoms with Crippen LogP contribution < -0.4 is 21.7 Å². The highest BCUT2D eigenvalue weighted by Gasteiger charge is 2.30. The summed E-state index contributed by atoms with van der Waals surface area (Å²) in [5.41, 5.74) is 7.11. The molecule has 0 spiro atoms. The summed E-state index contributed by atoms with van der Waals surface area (Å²) < 4.78 is 0. The molecule has 37 heavy (non-hydrogen) atoms. The van der Waals surface area contributed by atoms with Gasteiger partial charge in [-0.25, -0.2) is 4.79 Å². The molecule has 7 N–H and O–H groups in total. The van der Waals surface area contributed by atoms with Crippen molar-refractivity contribution in [3.8, 4) is 0 Å². The quantitative estimate of drug-likeness (QED) is 0.207. The van der Waals surface area contributed by atoms with E-state index in [0.717, 1.165) is 5.56 Å². The van der Waals surface area contributed by atoms with Crippen LogP contribution in [-0.2, 0) is 36.8 Å². The van der Waals surface area contributed by atoms with E-state index in [4.69, 9.17) is 10.8 Å². The van der Waals surface area contributed by atoms with Crippen molar-refractivity contribution in [3.63, 3.8) is 0 Å². The van der Waals surface area contributed by atoms with Crippen LogP contribution in [0.3, 0.4) is 0 Å². The zero-order chi connectivity index (χ0) is 27.4. The first-order valence-corrected chi connectivity index (χ1v) is 11.8. The van der Waals surface area contributed by atoms with Crippen LogP contribution in [0.4, 0.5) is 0 Å². The lowest BCUT2D eigenvalue weighted by Gasteiger charge is -2.25. The zero-order valence-electron chi connectivity index (χ0n) is 20.4. The van der Waals surface area contributed by atoms with Crippen LogP contribution >= 0.6 is 0 Å². The Labute approximate surface area is 214 Å². The second kappa shape index (κ2) is 14.3. The molecule has 0 aliphatic carbocycles. The number of carboxylic acids is 2. The number of nitrogens with one attached hydrogen (secondary N) is 3. The predicted molar refractivity (Wildman–Crippen MR) is 134 cm³/mol. The second-order valence-electron chi connectivity index (χ2n) is 8.62. The van der Waals surface area contributed by atoms with Gasteiger partial charge in [0.25, 0.3) is 0 Å². The van der Waals surface area contributed by atoms with Gasteiger partial charge in [0, 0.05) is 19.3 Å². The summed E-state index contributed by atoms with van der Waals surface area (Å²) in [6, 6.07) is 13.1. The second-order valence-corrected chi connectivity index (χ2v) is 8.62. The van der Waals surface area contributed by atoms with Gasteiger partial charge in [0.2, 0.25) is 17.7 Å². The maximum atomic E-state index is 13.3. The van der Waals surface area contributed by atoms with Gasteiger partial charge in [0.05, 0.1) is 6.04 Å². The molecule has 11 nitrogen and oxygen atoms in total. The molecule has 2 aromatic rings. The molecule has 0 saturated carbocycles. The maximum Gasteiger partial charge on any atom is 0.326 e. The van der Waals surface area contributed by atoms with Gasteiger partial charge >= 0.3 is 11.9 Å². The van der Waals surface area contributed by atoms with Crippen molar-refractivity contribution in [3.05, 3.63) is 71.8 Å². The molecule has 0 fully saturated rings. The van der Waals surface area contributed by atoms with Gasteiger partial charge in [-0.2, -0.15) is 0 Å². The lowest BCUT2D eigenvalue weighted by atomic mass is 10.0. The molecule has 0 aliphatic heterocycles. The molecule has 2 aromatic carbocycles. The van der Waals surface area contributed by atoms with E-state index in [1.165, 1.54) is 6.92 Å². The number of nitrogens with two attached hydrogens (primary N) is 1. The average molecular weight is 513 g/mol. The van der Waals surface area contributed by atoms with E-state index < -0.39 is 60.2 Å². The molecule has 0 heterocycles. The number of benzene rings is 2. The number of hydrogen-bond donors (Lipinski definition) is 6. The summed E-state index contributed by atoms with van der Waals surface area (Å²) in [5, 5.41) is 25.9. The van der Waals surface area contributed by atoms with Crippen molar-refractivity contribution in [1.82, 2.24) is 16.0 Å². The minimum atomic E-state index is -1.46. The molecule has 198 valence electrons. The van der Waals surface area contributed by atoms with Crippen molar-refractivity contribution >= 4 is 29.7 Å². The minimum Gasteiger partial charge on any atom is -0.481 e. The highest BCUT2D eigenvalue weighted by molar-refractivity contribution is 5.94. The summed E-state index contributed by atoms with van der Waals surface area (Å²) >= 11 is 0. The number of carbonyl (C=O) groups excluding carboxylic acids is 3. The largest absolute Gasteiger partial charge is 0.481 e. The topological polar surface area (TPSA) is 188 Å². The van der Waals surface area contributed by atoms with Crippen molar-refractivity contribution in [2.45, 2.75) is 56.8 Å². The Morgan fingerprint density at radius 1 is 0.703 bits per heavy atom. The van der Waals surface area contributed by atoms with Gasteiger partial charge in [-0.05, 0) is 24.5 Å². The van der Waals surface area contributed by atoms with Gasteiger partial charge in [-0.15, -0.1) is 0 Å². The normalized spacial score (nSPS) is 13.9. The summed E-state index contributed by atoms with van der Waals surface area (Å²) in [7, 11) is 0. The van der Waals surface area contributed by atoms with E-state index >= 15 is 0 Å². The van der Waals surface area contributed by atoms with Gasteiger partial charge < -0.3 is 31.9 Å². The van der Waals surface area contributed by atoms with E-state index in [0.29, 0.717) is 5.56 Å². The molecule has 3 amide bonds. The first-order valence-electron chi connectivity index (χ1n) is 11.8. The molecular weight excluding hydrogens is 480 g/mol. The van der Waals surface area contributed by atoms with Crippen molar-refractivity contribution in [2.75, 3.05) is 0 Å². The fraction of sp³-hybridized carbons (Fsp3) is 0.346. The molecule has 0 saturated heterocycles. The van der Waals surface area contributed by atoms with E-state index in [1.807, 2.05) is 6.07 Å². The molecular formula is C26H32N4O7. The summed E-state index contributed by atoms with van der Waals surface area (Å²) in [4.78, 5) is 61.2. The van der Waals surface area contributed by atoms with E-state index in [2.05, 4.69) is 16.0 Å². The molecule has 4 unspecified atom stereocenters. The van der Waals surface area contributed by atoms with E-state index in [-0.39, 0.29) is 19.3 Å². The molecule has 4 atom stereocenters. The lowest BCUT2D eigenvalue weighted by Crippen LogP contribution is -2.58. The fourth-order valence-electron chi connectivity index (χ4n) is 3.49. The smallest absolute Gasteiger partial charge is 0.326 e. The Bertz CT molecular complexity index is 1080. The van der Waals surface area contributed by atoms with Crippen LogP contribution in [0.2, 0.25) is 0 Å². The molecule has 0 bridgehead atoms.